The van der Waals surface area contributed by atoms with Gasteiger partial charge in [0.1, 0.15) is 17.7 Å². The van der Waals surface area contributed by atoms with E-state index in [1.54, 1.807) is 6.08 Å². The van der Waals surface area contributed by atoms with Gasteiger partial charge in [-0.1, -0.05) is 48.5 Å². The minimum absolute atomic E-state index is 0.0546. The molecule has 2 aromatic rings. The van der Waals surface area contributed by atoms with Crippen molar-refractivity contribution in [2.75, 3.05) is 0 Å². The fourth-order valence-electron chi connectivity index (χ4n) is 2.03. The van der Waals surface area contributed by atoms with Crippen LogP contribution in [0.3, 0.4) is 0 Å². The van der Waals surface area contributed by atoms with Gasteiger partial charge in [0.25, 0.3) is 0 Å². The summed E-state index contributed by atoms with van der Waals surface area (Å²) in [7, 11) is 0. The van der Waals surface area contributed by atoms with Crippen molar-refractivity contribution in [2.45, 2.75) is 6.61 Å². The second kappa shape index (κ2) is 6.33. The molecule has 0 aromatic heterocycles. The number of benzene rings is 2. The van der Waals surface area contributed by atoms with Gasteiger partial charge in [0, 0.05) is 0 Å². The summed E-state index contributed by atoms with van der Waals surface area (Å²) in [6, 6.07) is 18.7. The Labute approximate surface area is 117 Å². The maximum absolute atomic E-state index is 9.42. The lowest BCUT2D eigenvalue weighted by molar-refractivity contribution is 0.282. The van der Waals surface area contributed by atoms with Gasteiger partial charge < -0.3 is 5.11 Å². The van der Waals surface area contributed by atoms with Crippen LogP contribution in [0, 0.1) is 22.7 Å². The highest BCUT2D eigenvalue weighted by atomic mass is 16.3. The summed E-state index contributed by atoms with van der Waals surface area (Å²) in [5.41, 5.74) is 3.44. The third-order valence-corrected chi connectivity index (χ3v) is 2.98. The van der Waals surface area contributed by atoms with Crippen LogP contribution in [0.15, 0.2) is 54.1 Å². The normalized spacial score (nSPS) is 9.35. The molecule has 0 aliphatic carbocycles. The zero-order chi connectivity index (χ0) is 14.4. The molecule has 0 radical (unpaired) electrons. The molecule has 1 N–H and O–H groups in total. The maximum atomic E-state index is 9.42. The summed E-state index contributed by atoms with van der Waals surface area (Å²) in [5.74, 6) is 0. The monoisotopic (exact) mass is 260 g/mol. The smallest absolute Gasteiger partial charge is 0.130 e. The number of aliphatic hydroxyl groups is 1. The summed E-state index contributed by atoms with van der Waals surface area (Å²) in [5, 5.41) is 27.2. The first-order chi connectivity index (χ1) is 9.80. The van der Waals surface area contributed by atoms with Crippen LogP contribution in [0.1, 0.15) is 11.1 Å². The van der Waals surface area contributed by atoms with Gasteiger partial charge in [0.15, 0.2) is 0 Å². The van der Waals surface area contributed by atoms with Crippen molar-refractivity contribution in [3.8, 4) is 23.3 Å². The summed E-state index contributed by atoms with van der Waals surface area (Å²) in [6.07, 6.45) is 1.56. The lowest BCUT2D eigenvalue weighted by atomic mass is 9.95. The molecular weight excluding hydrogens is 248 g/mol. The molecule has 0 saturated carbocycles. The van der Waals surface area contributed by atoms with Crippen LogP contribution in [0.2, 0.25) is 0 Å². The lowest BCUT2D eigenvalue weighted by Crippen LogP contribution is -1.91. The van der Waals surface area contributed by atoms with Crippen LogP contribution in [-0.4, -0.2) is 5.11 Å². The molecule has 3 heteroatoms. The summed E-state index contributed by atoms with van der Waals surface area (Å²) in [6.45, 7) is -0.0580. The molecule has 0 bridgehead atoms. The van der Waals surface area contributed by atoms with Gasteiger partial charge in [-0.2, -0.15) is 10.5 Å². The Balaban J connectivity index is 2.63. The van der Waals surface area contributed by atoms with Crippen molar-refractivity contribution in [1.82, 2.24) is 0 Å². The number of nitrogens with zero attached hydrogens (tertiary/aromatic N) is 2. The third-order valence-electron chi connectivity index (χ3n) is 2.98. The predicted octanol–water partition coefficient (Wildman–Crippen LogP) is 3.28. The number of nitriles is 2. The van der Waals surface area contributed by atoms with Crippen LogP contribution in [0.5, 0.6) is 0 Å². The highest BCUT2D eigenvalue weighted by Crippen LogP contribution is 2.28. The van der Waals surface area contributed by atoms with Crippen molar-refractivity contribution in [2.24, 2.45) is 0 Å². The van der Waals surface area contributed by atoms with Crippen molar-refractivity contribution in [3.05, 3.63) is 65.2 Å². The Morgan fingerprint density at radius 3 is 2.20 bits per heavy atom. The van der Waals surface area contributed by atoms with Crippen LogP contribution in [-0.2, 0) is 6.61 Å². The molecule has 20 heavy (non-hydrogen) atoms. The van der Waals surface area contributed by atoms with Gasteiger partial charge in [0.2, 0.25) is 0 Å². The number of aliphatic hydroxyl groups excluding tert-OH is 1. The Hall–Kier alpha value is -2.88. The van der Waals surface area contributed by atoms with Crippen molar-refractivity contribution in [3.63, 3.8) is 0 Å². The molecule has 0 spiro atoms. The fraction of sp³-hybridized carbons (Fsp3) is 0.0588. The van der Waals surface area contributed by atoms with E-state index in [9.17, 15) is 5.11 Å². The topological polar surface area (TPSA) is 67.8 Å². The van der Waals surface area contributed by atoms with Gasteiger partial charge in [-0.3, -0.25) is 0 Å². The third kappa shape index (κ3) is 2.75. The lowest BCUT2D eigenvalue weighted by Gasteiger charge is -2.10. The molecule has 2 rings (SSSR count). The van der Waals surface area contributed by atoms with Gasteiger partial charge in [-0.25, -0.2) is 0 Å². The van der Waals surface area contributed by atoms with Gasteiger partial charge in [0.05, 0.1) is 6.61 Å². The molecule has 0 atom stereocenters. The van der Waals surface area contributed by atoms with Crippen LogP contribution in [0.25, 0.3) is 17.2 Å². The second-order valence-electron chi connectivity index (χ2n) is 4.18. The van der Waals surface area contributed by atoms with Crippen molar-refractivity contribution in [1.29, 1.82) is 10.5 Å². The van der Waals surface area contributed by atoms with E-state index in [1.165, 1.54) is 0 Å². The predicted molar refractivity (Wildman–Crippen MR) is 77.0 cm³/mol. The van der Waals surface area contributed by atoms with Crippen LogP contribution >= 0.6 is 0 Å². The first-order valence-electron chi connectivity index (χ1n) is 6.10. The fourth-order valence-corrected chi connectivity index (χ4v) is 2.03. The SMILES string of the molecule is N#CC(C#N)=Cc1ccccc1-c1ccccc1CO. The van der Waals surface area contributed by atoms with Crippen molar-refractivity contribution < 1.29 is 5.11 Å². The molecule has 2 aromatic carbocycles. The minimum atomic E-state index is -0.0580. The molecule has 0 aliphatic rings. The highest BCUT2D eigenvalue weighted by Gasteiger charge is 2.07. The largest absolute Gasteiger partial charge is 0.392 e. The quantitative estimate of drug-likeness (QED) is 0.861. The van der Waals surface area contributed by atoms with E-state index < -0.39 is 0 Å². The average molecular weight is 260 g/mol. The Morgan fingerprint density at radius 1 is 0.950 bits per heavy atom. The Bertz CT molecular complexity index is 717. The number of hydrogen-bond donors (Lipinski definition) is 1. The van der Waals surface area contributed by atoms with Gasteiger partial charge in [-0.05, 0) is 28.3 Å². The zero-order valence-corrected chi connectivity index (χ0v) is 10.7. The average Bonchev–Trinajstić information content (AvgIpc) is 2.53. The first-order valence-corrected chi connectivity index (χ1v) is 6.10. The minimum Gasteiger partial charge on any atom is -0.392 e. The van der Waals surface area contributed by atoms with E-state index in [1.807, 2.05) is 60.7 Å². The second-order valence-corrected chi connectivity index (χ2v) is 4.18. The summed E-state index contributed by atoms with van der Waals surface area (Å²) >= 11 is 0. The van der Waals surface area contributed by atoms with Crippen LogP contribution in [0.4, 0.5) is 0 Å². The van der Waals surface area contributed by atoms with E-state index in [0.29, 0.717) is 0 Å². The molecule has 0 amide bonds. The number of rotatable bonds is 3. The molecule has 0 fully saturated rings. The standard InChI is InChI=1S/C17H12N2O/c18-10-13(11-19)9-14-5-1-3-7-16(14)17-8-4-2-6-15(17)12-20/h1-9,20H,12H2. The van der Waals surface area contributed by atoms with E-state index in [0.717, 1.165) is 22.3 Å². The van der Waals surface area contributed by atoms with Crippen LogP contribution < -0.4 is 0 Å². The maximum Gasteiger partial charge on any atom is 0.130 e. The van der Waals surface area contributed by atoms with E-state index >= 15 is 0 Å². The molecule has 3 nitrogen and oxygen atoms in total. The summed E-state index contributed by atoms with van der Waals surface area (Å²) < 4.78 is 0. The zero-order valence-electron chi connectivity index (χ0n) is 10.7. The van der Waals surface area contributed by atoms with Crippen molar-refractivity contribution >= 4 is 6.08 Å². The highest BCUT2D eigenvalue weighted by molar-refractivity contribution is 5.79. The van der Waals surface area contributed by atoms with Gasteiger partial charge >= 0.3 is 0 Å². The van der Waals surface area contributed by atoms with E-state index in [2.05, 4.69) is 0 Å². The van der Waals surface area contributed by atoms with E-state index in [4.69, 9.17) is 10.5 Å². The Kier molecular flexibility index (Phi) is 4.29. The Morgan fingerprint density at radius 2 is 1.55 bits per heavy atom. The van der Waals surface area contributed by atoms with Gasteiger partial charge in [-0.15, -0.1) is 0 Å². The molecule has 0 unspecified atom stereocenters. The molecule has 0 aliphatic heterocycles. The molecular formula is C17H12N2O. The van der Waals surface area contributed by atoms with E-state index in [-0.39, 0.29) is 12.2 Å². The number of hydrogen-bond acceptors (Lipinski definition) is 3. The first kappa shape index (κ1) is 13.5. The summed E-state index contributed by atoms with van der Waals surface area (Å²) in [4.78, 5) is 0. The molecule has 0 heterocycles. The number of allylic oxidation sites excluding steroid dienone is 1. The molecule has 96 valence electrons. The molecule has 0 saturated heterocycles.